The number of rotatable bonds is 6. The van der Waals surface area contributed by atoms with E-state index in [1.54, 1.807) is 7.11 Å². The summed E-state index contributed by atoms with van der Waals surface area (Å²) in [6.45, 7) is 0. The SMILES string of the molecule is COc1ccc(-c2c3ccccc3c(-c3ccc(-n4c5ccc(-c6ccccc6)cc5c5cc(-c6ccccc6)ccc54)cc3)c3ccccc23)cc1. The summed E-state index contributed by atoms with van der Waals surface area (Å²) in [7, 11) is 1.71. The molecule has 0 spiro atoms. The Labute approximate surface area is 308 Å². The van der Waals surface area contributed by atoms with E-state index in [4.69, 9.17) is 4.74 Å². The van der Waals surface area contributed by atoms with Crippen LogP contribution in [0.3, 0.4) is 0 Å². The van der Waals surface area contributed by atoms with E-state index in [0.717, 1.165) is 11.4 Å². The number of hydrogen-bond acceptors (Lipinski definition) is 1. The van der Waals surface area contributed by atoms with E-state index in [1.165, 1.54) is 87.9 Å². The monoisotopic (exact) mass is 677 g/mol. The van der Waals surface area contributed by atoms with Crippen molar-refractivity contribution < 1.29 is 4.74 Å². The summed E-state index contributed by atoms with van der Waals surface area (Å²) in [4.78, 5) is 0. The molecule has 0 atom stereocenters. The summed E-state index contributed by atoms with van der Waals surface area (Å²) in [6.07, 6.45) is 0. The molecule has 0 aliphatic heterocycles. The van der Waals surface area contributed by atoms with Gasteiger partial charge in [0.05, 0.1) is 18.1 Å². The molecule has 10 rings (SSSR count). The zero-order chi connectivity index (χ0) is 35.3. The Kier molecular flexibility index (Phi) is 7.40. The Morgan fingerprint density at radius 2 is 0.698 bits per heavy atom. The predicted octanol–water partition coefficient (Wildman–Crippen LogP) is 13.8. The molecule has 0 unspecified atom stereocenters. The van der Waals surface area contributed by atoms with Crippen LogP contribution in [-0.4, -0.2) is 11.7 Å². The molecule has 0 saturated heterocycles. The van der Waals surface area contributed by atoms with E-state index in [9.17, 15) is 0 Å². The number of methoxy groups -OCH3 is 1. The van der Waals surface area contributed by atoms with Crippen LogP contribution >= 0.6 is 0 Å². The molecule has 9 aromatic carbocycles. The predicted molar refractivity (Wildman–Crippen MR) is 224 cm³/mol. The van der Waals surface area contributed by atoms with Gasteiger partial charge in [-0.25, -0.2) is 0 Å². The van der Waals surface area contributed by atoms with Crippen molar-refractivity contribution in [3.63, 3.8) is 0 Å². The Morgan fingerprint density at radius 1 is 0.321 bits per heavy atom. The third-order valence-electron chi connectivity index (χ3n) is 10.7. The van der Waals surface area contributed by atoms with Crippen LogP contribution in [0.4, 0.5) is 0 Å². The molecule has 0 saturated carbocycles. The smallest absolute Gasteiger partial charge is 0.118 e. The maximum atomic E-state index is 5.49. The minimum atomic E-state index is 0.857. The maximum absolute atomic E-state index is 5.49. The minimum absolute atomic E-state index is 0.857. The lowest BCUT2D eigenvalue weighted by Crippen LogP contribution is -1.95. The van der Waals surface area contributed by atoms with E-state index in [0.29, 0.717) is 0 Å². The molecular weight excluding hydrogens is 643 g/mol. The summed E-state index contributed by atoms with van der Waals surface area (Å²) in [5.41, 5.74) is 13.3. The normalized spacial score (nSPS) is 11.5. The van der Waals surface area contributed by atoms with Gasteiger partial charge < -0.3 is 9.30 Å². The molecule has 0 amide bonds. The third kappa shape index (κ3) is 5.19. The third-order valence-corrected chi connectivity index (χ3v) is 10.7. The highest BCUT2D eigenvalue weighted by atomic mass is 16.5. The lowest BCUT2D eigenvalue weighted by molar-refractivity contribution is 0.415. The summed E-state index contributed by atoms with van der Waals surface area (Å²) in [5.74, 6) is 0.857. The Balaban J connectivity index is 1.16. The zero-order valence-corrected chi connectivity index (χ0v) is 29.3. The quantitative estimate of drug-likeness (QED) is 0.160. The van der Waals surface area contributed by atoms with Crippen LogP contribution in [0.1, 0.15) is 0 Å². The van der Waals surface area contributed by atoms with Crippen molar-refractivity contribution in [2.45, 2.75) is 0 Å². The first kappa shape index (κ1) is 30.9. The number of aromatic nitrogens is 1. The number of benzene rings is 9. The van der Waals surface area contributed by atoms with Crippen molar-refractivity contribution in [3.05, 3.63) is 194 Å². The van der Waals surface area contributed by atoms with E-state index in [1.807, 2.05) is 12.1 Å². The average molecular weight is 678 g/mol. The van der Waals surface area contributed by atoms with Crippen molar-refractivity contribution in [3.8, 4) is 55.9 Å². The van der Waals surface area contributed by atoms with Gasteiger partial charge in [-0.05, 0) is 115 Å². The molecule has 0 aliphatic rings. The van der Waals surface area contributed by atoms with Gasteiger partial charge >= 0.3 is 0 Å². The molecule has 0 radical (unpaired) electrons. The van der Waals surface area contributed by atoms with Crippen LogP contribution < -0.4 is 4.74 Å². The van der Waals surface area contributed by atoms with Gasteiger partial charge in [0.25, 0.3) is 0 Å². The fourth-order valence-corrected chi connectivity index (χ4v) is 8.21. The van der Waals surface area contributed by atoms with Crippen molar-refractivity contribution in [1.82, 2.24) is 4.57 Å². The summed E-state index contributed by atoms with van der Waals surface area (Å²) in [5, 5.41) is 7.44. The Hall–Kier alpha value is -6.90. The molecule has 250 valence electrons. The van der Waals surface area contributed by atoms with Crippen LogP contribution in [0.2, 0.25) is 0 Å². The van der Waals surface area contributed by atoms with Crippen LogP contribution in [0.25, 0.3) is 93.5 Å². The van der Waals surface area contributed by atoms with Gasteiger partial charge in [0.1, 0.15) is 5.75 Å². The van der Waals surface area contributed by atoms with E-state index < -0.39 is 0 Å². The van der Waals surface area contributed by atoms with Gasteiger partial charge in [0, 0.05) is 16.5 Å². The largest absolute Gasteiger partial charge is 0.497 e. The van der Waals surface area contributed by atoms with E-state index >= 15 is 0 Å². The first-order valence-corrected chi connectivity index (χ1v) is 18.1. The first-order chi connectivity index (χ1) is 26.2. The van der Waals surface area contributed by atoms with Crippen LogP contribution in [-0.2, 0) is 0 Å². The highest BCUT2D eigenvalue weighted by molar-refractivity contribution is 6.21. The molecule has 0 N–H and O–H groups in total. The highest BCUT2D eigenvalue weighted by Gasteiger charge is 2.18. The number of ether oxygens (including phenoxy) is 1. The van der Waals surface area contributed by atoms with Crippen LogP contribution in [0.15, 0.2) is 194 Å². The molecule has 10 aromatic rings. The summed E-state index contributed by atoms with van der Waals surface area (Å²) >= 11 is 0. The molecule has 53 heavy (non-hydrogen) atoms. The fourth-order valence-electron chi connectivity index (χ4n) is 8.21. The average Bonchev–Trinajstić information content (AvgIpc) is 3.56. The molecule has 0 fully saturated rings. The van der Waals surface area contributed by atoms with Crippen molar-refractivity contribution >= 4 is 43.4 Å². The molecule has 2 nitrogen and oxygen atoms in total. The summed E-state index contributed by atoms with van der Waals surface area (Å²) < 4.78 is 7.90. The zero-order valence-electron chi connectivity index (χ0n) is 29.3. The molecule has 1 aromatic heterocycles. The van der Waals surface area contributed by atoms with Crippen molar-refractivity contribution in [2.75, 3.05) is 7.11 Å². The number of fused-ring (bicyclic) bond motifs is 5. The minimum Gasteiger partial charge on any atom is -0.497 e. The first-order valence-electron chi connectivity index (χ1n) is 18.1. The van der Waals surface area contributed by atoms with Crippen molar-refractivity contribution in [1.29, 1.82) is 0 Å². The van der Waals surface area contributed by atoms with E-state index in [-0.39, 0.29) is 0 Å². The maximum Gasteiger partial charge on any atom is 0.118 e. The number of hydrogen-bond donors (Lipinski definition) is 0. The summed E-state index contributed by atoms with van der Waals surface area (Å²) in [6, 6.07) is 70.3. The van der Waals surface area contributed by atoms with Crippen LogP contribution in [0.5, 0.6) is 5.75 Å². The van der Waals surface area contributed by atoms with Gasteiger partial charge in [-0.15, -0.1) is 0 Å². The lowest BCUT2D eigenvalue weighted by Gasteiger charge is -2.18. The molecular formula is C51H35NO. The second kappa shape index (κ2) is 12.7. The van der Waals surface area contributed by atoms with Gasteiger partial charge in [-0.2, -0.15) is 0 Å². The molecule has 1 heterocycles. The molecule has 0 aliphatic carbocycles. The lowest BCUT2D eigenvalue weighted by atomic mass is 9.86. The fraction of sp³-hybridized carbons (Fsp3) is 0.0196. The van der Waals surface area contributed by atoms with Gasteiger partial charge in [-0.3, -0.25) is 0 Å². The van der Waals surface area contributed by atoms with Gasteiger partial charge in [0.2, 0.25) is 0 Å². The topological polar surface area (TPSA) is 14.2 Å². The van der Waals surface area contributed by atoms with Crippen LogP contribution in [0, 0.1) is 0 Å². The molecule has 2 heteroatoms. The molecule has 0 bridgehead atoms. The Morgan fingerprint density at radius 3 is 1.11 bits per heavy atom. The second-order valence-electron chi connectivity index (χ2n) is 13.6. The highest BCUT2D eigenvalue weighted by Crippen LogP contribution is 2.44. The number of nitrogens with zero attached hydrogens (tertiary/aromatic N) is 1. The van der Waals surface area contributed by atoms with Gasteiger partial charge in [0.15, 0.2) is 0 Å². The second-order valence-corrected chi connectivity index (χ2v) is 13.6. The van der Waals surface area contributed by atoms with Gasteiger partial charge in [-0.1, -0.05) is 146 Å². The Bertz CT molecular complexity index is 2790. The van der Waals surface area contributed by atoms with Crippen molar-refractivity contribution in [2.24, 2.45) is 0 Å². The van der Waals surface area contributed by atoms with E-state index in [2.05, 4.69) is 187 Å². The standard InChI is InChI=1S/C51H35NO/c1-53-41-28-22-37(23-29-41)51-44-18-10-8-16-42(44)50(43-17-9-11-19-45(43)51)36-20-26-40(27-21-36)52-48-30-24-38(34-12-4-2-5-13-34)32-46(48)47-33-39(25-31-49(47)52)35-14-6-3-7-15-35/h2-33H,1H3.